The largest absolute Gasteiger partial charge is 0.325 e. The summed E-state index contributed by atoms with van der Waals surface area (Å²) in [5.41, 5.74) is 5.71. The first kappa shape index (κ1) is 14.5. The van der Waals surface area contributed by atoms with Gasteiger partial charge in [0, 0.05) is 10.7 Å². The molecule has 1 aliphatic heterocycles. The molecule has 0 saturated carbocycles. The van der Waals surface area contributed by atoms with Crippen molar-refractivity contribution >= 4 is 35.0 Å². The summed E-state index contributed by atoms with van der Waals surface area (Å²) in [6, 6.07) is 12.0. The third-order valence-corrected chi connectivity index (χ3v) is 5.24. The molecule has 2 nitrogen and oxygen atoms in total. The molecule has 21 heavy (non-hydrogen) atoms. The Labute approximate surface area is 133 Å². The van der Waals surface area contributed by atoms with E-state index >= 15 is 0 Å². The van der Waals surface area contributed by atoms with Gasteiger partial charge in [-0.15, -0.1) is 11.8 Å². The minimum Gasteiger partial charge on any atom is -0.325 e. The van der Waals surface area contributed by atoms with Crippen LogP contribution in [0.1, 0.15) is 27.5 Å². The van der Waals surface area contributed by atoms with Crippen LogP contribution in [0.3, 0.4) is 0 Å². The number of fused-ring (bicyclic) bond motifs is 1. The highest BCUT2D eigenvalue weighted by Gasteiger charge is 2.26. The van der Waals surface area contributed by atoms with Gasteiger partial charge in [-0.2, -0.15) is 0 Å². The van der Waals surface area contributed by atoms with Crippen LogP contribution in [0.4, 0.5) is 5.69 Å². The van der Waals surface area contributed by atoms with Gasteiger partial charge in [0.15, 0.2) is 0 Å². The van der Waals surface area contributed by atoms with Crippen LogP contribution in [0.15, 0.2) is 36.4 Å². The van der Waals surface area contributed by atoms with Crippen LogP contribution < -0.4 is 5.32 Å². The Kier molecular flexibility index (Phi) is 3.96. The third-order valence-electron chi connectivity index (χ3n) is 3.76. The molecule has 1 heterocycles. The van der Waals surface area contributed by atoms with Gasteiger partial charge in [-0.25, -0.2) is 0 Å². The predicted octanol–water partition coefficient (Wildman–Crippen LogP) is 4.73. The van der Waals surface area contributed by atoms with Gasteiger partial charge >= 0.3 is 0 Å². The highest BCUT2D eigenvalue weighted by molar-refractivity contribution is 8.00. The second-order valence-electron chi connectivity index (χ2n) is 5.28. The van der Waals surface area contributed by atoms with Gasteiger partial charge in [0.05, 0.1) is 11.0 Å². The van der Waals surface area contributed by atoms with Gasteiger partial charge in [-0.1, -0.05) is 29.8 Å². The van der Waals surface area contributed by atoms with Gasteiger partial charge in [0.2, 0.25) is 5.91 Å². The van der Waals surface area contributed by atoms with Crippen LogP contribution in [0.25, 0.3) is 0 Å². The van der Waals surface area contributed by atoms with Crippen molar-refractivity contribution in [2.45, 2.75) is 19.1 Å². The lowest BCUT2D eigenvalue weighted by molar-refractivity contribution is -0.113. The van der Waals surface area contributed by atoms with E-state index in [2.05, 4.69) is 37.4 Å². The Morgan fingerprint density at radius 2 is 1.90 bits per heavy atom. The summed E-state index contributed by atoms with van der Waals surface area (Å²) in [5, 5.41) is 3.79. The fourth-order valence-corrected chi connectivity index (χ4v) is 4.26. The van der Waals surface area contributed by atoms with Gasteiger partial charge in [-0.3, -0.25) is 4.79 Å². The maximum Gasteiger partial charge on any atom is 0.234 e. The molecule has 0 aromatic heterocycles. The van der Waals surface area contributed by atoms with Crippen LogP contribution in [-0.2, 0) is 4.79 Å². The molecule has 2 aromatic rings. The lowest BCUT2D eigenvalue weighted by Gasteiger charge is -2.21. The zero-order valence-electron chi connectivity index (χ0n) is 11.9. The van der Waals surface area contributed by atoms with Crippen molar-refractivity contribution in [2.75, 3.05) is 11.1 Å². The molecule has 1 aliphatic rings. The maximum atomic E-state index is 11.9. The van der Waals surface area contributed by atoms with Crippen LogP contribution in [0.2, 0.25) is 5.02 Å². The zero-order valence-corrected chi connectivity index (χ0v) is 13.5. The molecule has 2 aromatic carbocycles. The minimum absolute atomic E-state index is 0.0392. The summed E-state index contributed by atoms with van der Waals surface area (Å²) < 4.78 is 0. The van der Waals surface area contributed by atoms with Gasteiger partial charge in [-0.05, 0) is 54.3 Å². The predicted molar refractivity (Wildman–Crippen MR) is 90.3 cm³/mol. The number of halogens is 1. The van der Waals surface area contributed by atoms with Gasteiger partial charge in [0.25, 0.3) is 0 Å². The molecular weight excluding hydrogens is 302 g/mol. The van der Waals surface area contributed by atoms with Crippen LogP contribution in [-0.4, -0.2) is 11.7 Å². The van der Waals surface area contributed by atoms with E-state index in [4.69, 9.17) is 11.6 Å². The van der Waals surface area contributed by atoms with Crippen molar-refractivity contribution in [3.05, 3.63) is 63.7 Å². The SMILES string of the molecule is Cc1cccc(C)c1C1SCC(=O)Nc2ccc(Cl)cc21. The zero-order chi connectivity index (χ0) is 15.0. The van der Waals surface area contributed by atoms with Crippen molar-refractivity contribution in [1.82, 2.24) is 0 Å². The van der Waals surface area contributed by atoms with Crippen LogP contribution >= 0.6 is 23.4 Å². The second-order valence-corrected chi connectivity index (χ2v) is 6.81. The first-order chi connectivity index (χ1) is 10.1. The standard InChI is InChI=1S/C17H16ClNOS/c1-10-4-3-5-11(2)16(10)17-13-8-12(18)6-7-14(13)19-15(20)9-21-17/h3-8,17H,9H2,1-2H3,(H,19,20). The van der Waals surface area contributed by atoms with E-state index in [0.29, 0.717) is 10.8 Å². The number of nitrogens with one attached hydrogen (secondary N) is 1. The van der Waals surface area contributed by atoms with Crippen molar-refractivity contribution in [3.8, 4) is 0 Å². The number of carbonyl (C=O) groups is 1. The molecule has 0 fully saturated rings. The topological polar surface area (TPSA) is 29.1 Å². The van der Waals surface area contributed by atoms with E-state index in [1.807, 2.05) is 18.2 Å². The number of carbonyl (C=O) groups excluding carboxylic acids is 1. The number of rotatable bonds is 1. The number of benzene rings is 2. The Balaban J connectivity index is 2.19. The van der Waals surface area contributed by atoms with E-state index in [-0.39, 0.29) is 11.2 Å². The van der Waals surface area contributed by atoms with E-state index < -0.39 is 0 Å². The molecule has 4 heteroatoms. The molecule has 0 radical (unpaired) electrons. The lowest BCUT2D eigenvalue weighted by atomic mass is 9.94. The molecule has 3 rings (SSSR count). The molecule has 1 unspecified atom stereocenters. The Morgan fingerprint density at radius 1 is 1.19 bits per heavy atom. The number of amides is 1. The Hall–Kier alpha value is -1.45. The summed E-state index contributed by atoms with van der Waals surface area (Å²) >= 11 is 7.83. The van der Waals surface area contributed by atoms with Crippen molar-refractivity contribution in [2.24, 2.45) is 0 Å². The fraction of sp³-hybridized carbons (Fsp3) is 0.235. The van der Waals surface area contributed by atoms with E-state index in [0.717, 1.165) is 11.3 Å². The van der Waals surface area contributed by atoms with Gasteiger partial charge < -0.3 is 5.32 Å². The molecule has 1 N–H and O–H groups in total. The first-order valence-corrected chi connectivity index (χ1v) is 8.26. The molecule has 0 bridgehead atoms. The molecule has 0 aliphatic carbocycles. The average molecular weight is 318 g/mol. The molecule has 0 spiro atoms. The normalized spacial score (nSPS) is 17.9. The number of anilines is 1. The number of thioether (sulfide) groups is 1. The van der Waals surface area contributed by atoms with E-state index in [9.17, 15) is 4.79 Å². The van der Waals surface area contributed by atoms with E-state index in [1.165, 1.54) is 16.7 Å². The first-order valence-electron chi connectivity index (χ1n) is 6.83. The highest BCUT2D eigenvalue weighted by atomic mass is 35.5. The minimum atomic E-state index is 0.0392. The molecule has 0 saturated heterocycles. The quantitative estimate of drug-likeness (QED) is 0.823. The van der Waals surface area contributed by atoms with Crippen molar-refractivity contribution in [1.29, 1.82) is 0 Å². The fourth-order valence-electron chi connectivity index (χ4n) is 2.78. The summed E-state index contributed by atoms with van der Waals surface area (Å²) in [7, 11) is 0. The highest BCUT2D eigenvalue weighted by Crippen LogP contribution is 2.44. The Morgan fingerprint density at radius 3 is 2.62 bits per heavy atom. The Bertz CT molecular complexity index is 694. The second kappa shape index (κ2) is 5.74. The number of hydrogen-bond donors (Lipinski definition) is 1. The maximum absolute atomic E-state index is 11.9. The molecule has 1 amide bonds. The van der Waals surface area contributed by atoms with E-state index in [1.54, 1.807) is 11.8 Å². The molecular formula is C17H16ClNOS. The summed E-state index contributed by atoms with van der Waals surface area (Å²) in [5.74, 6) is 0.488. The van der Waals surface area contributed by atoms with Crippen molar-refractivity contribution in [3.63, 3.8) is 0 Å². The lowest BCUT2D eigenvalue weighted by Crippen LogP contribution is -2.12. The monoisotopic (exact) mass is 317 g/mol. The summed E-state index contributed by atoms with van der Waals surface area (Å²) in [6.45, 7) is 4.24. The number of hydrogen-bond acceptors (Lipinski definition) is 2. The summed E-state index contributed by atoms with van der Waals surface area (Å²) in [4.78, 5) is 11.9. The molecule has 1 atom stereocenters. The summed E-state index contributed by atoms with van der Waals surface area (Å²) in [6.07, 6.45) is 0. The smallest absolute Gasteiger partial charge is 0.234 e. The molecule has 108 valence electrons. The van der Waals surface area contributed by atoms with Crippen LogP contribution in [0, 0.1) is 13.8 Å². The van der Waals surface area contributed by atoms with Crippen LogP contribution in [0.5, 0.6) is 0 Å². The average Bonchev–Trinajstić information content (AvgIpc) is 2.58. The van der Waals surface area contributed by atoms with Gasteiger partial charge in [0.1, 0.15) is 0 Å². The third kappa shape index (κ3) is 2.81. The number of aryl methyl sites for hydroxylation is 2. The van der Waals surface area contributed by atoms with Crippen molar-refractivity contribution < 1.29 is 4.79 Å².